The van der Waals surface area contributed by atoms with Gasteiger partial charge in [0.2, 0.25) is 10.9 Å². The summed E-state index contributed by atoms with van der Waals surface area (Å²) in [5, 5.41) is -0.753. The minimum atomic E-state index is -2.48. The molecule has 0 aliphatic heterocycles. The molecule has 3 saturated carbocycles. The maximum atomic E-state index is 17.2. The summed E-state index contributed by atoms with van der Waals surface area (Å²) in [6, 6.07) is 2.88. The van der Waals surface area contributed by atoms with E-state index < -0.39 is 75.1 Å². The monoisotopic (exact) mass is 504 g/mol. The summed E-state index contributed by atoms with van der Waals surface area (Å²) in [7, 11) is 0. The summed E-state index contributed by atoms with van der Waals surface area (Å²) in [4.78, 5) is 51.7. The molecule has 186 valence electrons. The number of alkyl halides is 2. The van der Waals surface area contributed by atoms with Crippen LogP contribution in [-0.2, 0) is 19.1 Å². The fourth-order valence-electron chi connectivity index (χ4n) is 7.56. The van der Waals surface area contributed by atoms with E-state index in [1.807, 2.05) is 0 Å². The van der Waals surface area contributed by atoms with Crippen LogP contribution in [0.1, 0.15) is 50.6 Å². The fraction of sp³-hybridized carbons (Fsp3) is 0.538. The number of thiol groups is 1. The lowest BCUT2D eigenvalue weighted by molar-refractivity contribution is -0.186. The second kappa shape index (κ2) is 7.48. The van der Waals surface area contributed by atoms with Crippen LogP contribution in [0, 0.1) is 28.6 Å². The molecule has 0 spiro atoms. The van der Waals surface area contributed by atoms with Gasteiger partial charge in [0.05, 0.1) is 11.7 Å². The van der Waals surface area contributed by atoms with Gasteiger partial charge >= 0.3 is 5.97 Å². The molecule has 3 fully saturated rings. The quantitative estimate of drug-likeness (QED) is 0.485. The van der Waals surface area contributed by atoms with Gasteiger partial charge in [-0.3, -0.25) is 14.4 Å². The highest BCUT2D eigenvalue weighted by Crippen LogP contribution is 2.70. The minimum absolute atomic E-state index is 0.0347. The second-order valence-corrected chi connectivity index (χ2v) is 11.1. The summed E-state index contributed by atoms with van der Waals surface area (Å²) in [6.45, 7) is 4.77. The van der Waals surface area contributed by atoms with E-state index in [2.05, 4.69) is 12.6 Å². The number of allylic oxidation sites excluding steroid dienone is 4. The first kappa shape index (κ1) is 24.2. The first-order valence-electron chi connectivity index (χ1n) is 11.6. The van der Waals surface area contributed by atoms with Crippen molar-refractivity contribution in [2.45, 2.75) is 57.5 Å². The summed E-state index contributed by atoms with van der Waals surface area (Å²) >= 11 is 4.08. The summed E-state index contributed by atoms with van der Waals surface area (Å²) < 4.78 is 43.6. The van der Waals surface area contributed by atoms with Crippen molar-refractivity contribution in [2.75, 3.05) is 0 Å². The average Bonchev–Trinajstić information content (AvgIpc) is 3.39. The number of ether oxygens (including phenoxy) is 1. The van der Waals surface area contributed by atoms with Gasteiger partial charge in [0.25, 0.3) is 0 Å². The van der Waals surface area contributed by atoms with Gasteiger partial charge in [0, 0.05) is 23.7 Å². The molecule has 0 unspecified atom stereocenters. The van der Waals surface area contributed by atoms with E-state index in [-0.39, 0.29) is 24.2 Å². The molecule has 1 aromatic rings. The molecular weight excluding hydrogens is 478 g/mol. The number of carbonyl (C=O) groups is 4. The lowest BCUT2D eigenvalue weighted by Crippen LogP contribution is -2.69. The average molecular weight is 505 g/mol. The Morgan fingerprint density at radius 3 is 2.54 bits per heavy atom. The first-order chi connectivity index (χ1) is 16.3. The topological polar surface area (TPSA) is 90.7 Å². The highest BCUT2D eigenvalue weighted by atomic mass is 32.1. The van der Waals surface area contributed by atoms with Gasteiger partial charge in [-0.15, -0.1) is 12.6 Å². The van der Waals surface area contributed by atoms with Crippen molar-refractivity contribution in [3.8, 4) is 0 Å². The summed E-state index contributed by atoms with van der Waals surface area (Å²) in [6.07, 6.45) is 2.71. The number of rotatable bonds is 3. The Hall–Kier alpha value is -2.55. The maximum Gasteiger partial charge on any atom is 0.375 e. The standard InChI is InChI=1S/C26H26F2O6S/c1-13-9-15-16-11-18(27)17-10-14(29)6-7-23(17,2)25(16,28)20(30)12-24(15,3)26(13,22(32)35)34-21(31)19-5-4-8-33-19/h4-8,10,13,15-16,18H,9,11-12H2,1-3H3,(H,32,35)/t13-,15+,16+,18+,23+,24+,25+,26+/m1/s1. The molecule has 9 heteroatoms. The van der Waals surface area contributed by atoms with E-state index in [1.165, 1.54) is 37.5 Å². The lowest BCUT2D eigenvalue weighted by atomic mass is 9.45. The molecule has 0 aromatic carbocycles. The predicted octanol–water partition coefficient (Wildman–Crippen LogP) is 4.40. The second-order valence-electron chi connectivity index (χ2n) is 10.7. The normalized spacial score (nSPS) is 44.2. The molecule has 35 heavy (non-hydrogen) atoms. The van der Waals surface area contributed by atoms with Crippen LogP contribution in [0.3, 0.4) is 0 Å². The number of furan rings is 1. The minimum Gasteiger partial charge on any atom is -0.457 e. The number of fused-ring (bicyclic) bond motifs is 5. The molecule has 1 heterocycles. The van der Waals surface area contributed by atoms with Crippen LogP contribution < -0.4 is 0 Å². The molecule has 0 radical (unpaired) electrons. The third-order valence-electron chi connectivity index (χ3n) is 9.22. The smallest absolute Gasteiger partial charge is 0.375 e. The van der Waals surface area contributed by atoms with E-state index >= 15 is 8.78 Å². The number of hydrogen-bond donors (Lipinski definition) is 1. The highest BCUT2D eigenvalue weighted by Gasteiger charge is 2.78. The zero-order valence-corrected chi connectivity index (χ0v) is 20.4. The first-order valence-corrected chi connectivity index (χ1v) is 12.1. The van der Waals surface area contributed by atoms with Crippen molar-refractivity contribution in [3.05, 3.63) is 48.0 Å². The molecule has 0 saturated heterocycles. The zero-order chi connectivity index (χ0) is 25.6. The largest absolute Gasteiger partial charge is 0.457 e. The van der Waals surface area contributed by atoms with Crippen molar-refractivity contribution < 1.29 is 37.1 Å². The SMILES string of the molecule is C[C@@H]1C[C@H]2[C@@H]3C[C@H](F)C4=CC(=O)C=C[C@]4(C)[C@@]3(F)C(=O)C[C@]2(C)[C@@]1(OC(=O)c1ccco1)C(=O)S. The zero-order valence-electron chi connectivity index (χ0n) is 19.5. The lowest BCUT2D eigenvalue weighted by Gasteiger charge is -2.60. The Bertz CT molecular complexity index is 1210. The van der Waals surface area contributed by atoms with Gasteiger partial charge in [0.15, 0.2) is 22.8 Å². The van der Waals surface area contributed by atoms with Gasteiger partial charge in [-0.25, -0.2) is 13.6 Å². The van der Waals surface area contributed by atoms with Crippen LogP contribution in [0.5, 0.6) is 0 Å². The Morgan fingerprint density at radius 2 is 1.91 bits per heavy atom. The van der Waals surface area contributed by atoms with Crippen LogP contribution in [0.15, 0.2) is 46.6 Å². The maximum absolute atomic E-state index is 17.2. The molecule has 8 atom stereocenters. The van der Waals surface area contributed by atoms with E-state index in [9.17, 15) is 19.2 Å². The van der Waals surface area contributed by atoms with Crippen molar-refractivity contribution >= 4 is 35.3 Å². The van der Waals surface area contributed by atoms with Crippen LogP contribution in [0.25, 0.3) is 0 Å². The van der Waals surface area contributed by atoms with Crippen LogP contribution in [0.4, 0.5) is 8.78 Å². The Morgan fingerprint density at radius 1 is 1.20 bits per heavy atom. The number of carbonyl (C=O) groups excluding carboxylic acids is 4. The fourth-order valence-corrected chi connectivity index (χ4v) is 8.09. The van der Waals surface area contributed by atoms with E-state index in [1.54, 1.807) is 13.8 Å². The molecule has 1 aromatic heterocycles. The Kier molecular flexibility index (Phi) is 5.16. The van der Waals surface area contributed by atoms with E-state index in [0.717, 1.165) is 6.08 Å². The number of ketones is 2. The van der Waals surface area contributed by atoms with E-state index in [4.69, 9.17) is 9.15 Å². The van der Waals surface area contributed by atoms with Crippen molar-refractivity contribution in [3.63, 3.8) is 0 Å². The third kappa shape index (κ3) is 2.81. The summed E-state index contributed by atoms with van der Waals surface area (Å²) in [5.74, 6) is -4.65. The number of esters is 1. The van der Waals surface area contributed by atoms with Crippen LogP contribution in [-0.4, -0.2) is 40.1 Å². The van der Waals surface area contributed by atoms with Gasteiger partial charge in [-0.05, 0) is 55.5 Å². The predicted molar refractivity (Wildman–Crippen MR) is 123 cm³/mol. The molecular formula is C26H26F2O6S. The van der Waals surface area contributed by atoms with Crippen molar-refractivity contribution in [1.29, 1.82) is 0 Å². The van der Waals surface area contributed by atoms with Gasteiger partial charge in [-0.1, -0.05) is 19.9 Å². The highest BCUT2D eigenvalue weighted by molar-refractivity contribution is 7.96. The van der Waals surface area contributed by atoms with Gasteiger partial charge in [0.1, 0.15) is 6.17 Å². The number of halogens is 2. The molecule has 0 amide bonds. The number of Topliss-reactive ketones (excluding diaryl/α,β-unsaturated/α-hetero) is 1. The third-order valence-corrected chi connectivity index (χ3v) is 9.56. The molecule has 4 aliphatic rings. The van der Waals surface area contributed by atoms with Gasteiger partial charge in [-0.2, -0.15) is 0 Å². The Balaban J connectivity index is 1.63. The molecule has 0 N–H and O–H groups in total. The number of hydrogen-bond acceptors (Lipinski definition) is 6. The molecule has 6 nitrogen and oxygen atoms in total. The Labute approximate surface area is 206 Å². The molecule has 0 bridgehead atoms. The summed E-state index contributed by atoms with van der Waals surface area (Å²) in [5.41, 5.74) is -7.32. The molecule has 4 aliphatic carbocycles. The van der Waals surface area contributed by atoms with E-state index in [0.29, 0.717) is 0 Å². The van der Waals surface area contributed by atoms with Crippen LogP contribution >= 0.6 is 12.6 Å². The van der Waals surface area contributed by atoms with Crippen LogP contribution in [0.2, 0.25) is 0 Å². The van der Waals surface area contributed by atoms with Crippen molar-refractivity contribution in [2.24, 2.45) is 28.6 Å². The molecule has 5 rings (SSSR count). The van der Waals surface area contributed by atoms with Gasteiger partial charge < -0.3 is 9.15 Å². The van der Waals surface area contributed by atoms with Crippen molar-refractivity contribution in [1.82, 2.24) is 0 Å².